The van der Waals surface area contributed by atoms with Crippen molar-refractivity contribution in [3.63, 3.8) is 0 Å². The molecular weight excluding hydrogens is 290 g/mol. The molecule has 2 N–H and O–H groups in total. The largest absolute Gasteiger partial charge is 0.381 e. The number of guanidine groups is 1. The molecule has 0 aromatic rings. The fourth-order valence-corrected chi connectivity index (χ4v) is 2.92. The molecule has 0 amide bonds. The number of nitrogens with one attached hydrogen (secondary N) is 2. The summed E-state index contributed by atoms with van der Waals surface area (Å²) in [4.78, 5) is 4.78. The van der Waals surface area contributed by atoms with Crippen molar-refractivity contribution in [3.8, 4) is 0 Å². The van der Waals surface area contributed by atoms with Gasteiger partial charge in [-0.2, -0.15) is 0 Å². The second-order valence-electron chi connectivity index (χ2n) is 6.49. The Morgan fingerprint density at radius 3 is 2.52 bits per heavy atom. The van der Waals surface area contributed by atoms with Crippen LogP contribution in [0.2, 0.25) is 0 Å². The number of ether oxygens (including phenoxy) is 2. The molecule has 1 fully saturated rings. The lowest BCUT2D eigenvalue weighted by Gasteiger charge is -2.34. The minimum absolute atomic E-state index is 0.160. The summed E-state index contributed by atoms with van der Waals surface area (Å²) in [5.41, 5.74) is -0.160. The maximum absolute atomic E-state index is 5.76. The van der Waals surface area contributed by atoms with Gasteiger partial charge in [-0.3, -0.25) is 4.99 Å². The summed E-state index contributed by atoms with van der Waals surface area (Å²) in [7, 11) is 1.79. The highest BCUT2D eigenvalue weighted by Crippen LogP contribution is 2.24. The van der Waals surface area contributed by atoms with Gasteiger partial charge in [0.2, 0.25) is 0 Å². The molecule has 1 atom stereocenters. The summed E-state index contributed by atoms with van der Waals surface area (Å²) in [6.45, 7) is 10.7. The van der Waals surface area contributed by atoms with Gasteiger partial charge in [0.1, 0.15) is 0 Å². The standard InChI is InChI=1S/C18H37N3O2/c1-5-8-9-16(6-2)14-20-17(19-7-3)21-15-18(22-4)10-12-23-13-11-18/h16H,5-15H2,1-4H3,(H2,19,20,21). The second-order valence-corrected chi connectivity index (χ2v) is 6.49. The summed E-state index contributed by atoms with van der Waals surface area (Å²) in [5, 5.41) is 6.86. The van der Waals surface area contributed by atoms with Gasteiger partial charge in [-0.15, -0.1) is 0 Å². The summed E-state index contributed by atoms with van der Waals surface area (Å²) in [5.74, 6) is 1.63. The number of hydrogen-bond acceptors (Lipinski definition) is 3. The van der Waals surface area contributed by atoms with E-state index in [1.54, 1.807) is 7.11 Å². The number of methoxy groups -OCH3 is 1. The first kappa shape index (κ1) is 20.2. The van der Waals surface area contributed by atoms with Crippen molar-refractivity contribution in [2.24, 2.45) is 10.9 Å². The molecule has 0 aromatic carbocycles. The summed E-state index contributed by atoms with van der Waals surface area (Å²) >= 11 is 0. The topological polar surface area (TPSA) is 54.9 Å². The average molecular weight is 328 g/mol. The predicted molar refractivity (Wildman–Crippen MR) is 97.1 cm³/mol. The highest BCUT2D eigenvalue weighted by Gasteiger charge is 2.32. The molecule has 1 unspecified atom stereocenters. The van der Waals surface area contributed by atoms with E-state index in [1.807, 2.05) is 0 Å². The van der Waals surface area contributed by atoms with Gasteiger partial charge in [0.25, 0.3) is 0 Å². The van der Waals surface area contributed by atoms with Crippen LogP contribution in [0.25, 0.3) is 0 Å². The van der Waals surface area contributed by atoms with E-state index in [0.29, 0.717) is 6.54 Å². The van der Waals surface area contributed by atoms with Crippen LogP contribution in [-0.2, 0) is 9.47 Å². The van der Waals surface area contributed by atoms with Gasteiger partial charge in [-0.25, -0.2) is 0 Å². The molecule has 1 saturated heterocycles. The molecule has 0 aliphatic carbocycles. The third-order valence-corrected chi connectivity index (χ3v) is 4.81. The Hall–Kier alpha value is -0.810. The smallest absolute Gasteiger partial charge is 0.191 e. The van der Waals surface area contributed by atoms with Crippen molar-refractivity contribution < 1.29 is 9.47 Å². The van der Waals surface area contributed by atoms with Gasteiger partial charge in [0, 0.05) is 46.3 Å². The number of nitrogens with zero attached hydrogens (tertiary/aromatic N) is 1. The minimum Gasteiger partial charge on any atom is -0.381 e. The van der Waals surface area contributed by atoms with Crippen LogP contribution in [0.4, 0.5) is 0 Å². The lowest BCUT2D eigenvalue weighted by Crippen LogP contribution is -2.44. The Labute approximate surface area is 142 Å². The third-order valence-electron chi connectivity index (χ3n) is 4.81. The van der Waals surface area contributed by atoms with Crippen LogP contribution in [0.5, 0.6) is 0 Å². The Balaban J connectivity index is 2.54. The third kappa shape index (κ3) is 7.53. The molecule has 136 valence electrons. The molecule has 1 heterocycles. The van der Waals surface area contributed by atoms with Crippen molar-refractivity contribution in [1.82, 2.24) is 10.6 Å². The normalized spacial score (nSPS) is 19.4. The molecule has 5 nitrogen and oxygen atoms in total. The van der Waals surface area contributed by atoms with Crippen LogP contribution in [0.1, 0.15) is 59.3 Å². The molecule has 1 aliphatic rings. The number of aliphatic imine (C=N–C) groups is 1. The van der Waals surface area contributed by atoms with E-state index in [9.17, 15) is 0 Å². The molecule has 23 heavy (non-hydrogen) atoms. The first-order chi connectivity index (χ1) is 11.2. The Morgan fingerprint density at radius 1 is 1.22 bits per heavy atom. The van der Waals surface area contributed by atoms with E-state index in [2.05, 4.69) is 31.4 Å². The Kier molecular flexibility index (Phi) is 10.3. The first-order valence-corrected chi connectivity index (χ1v) is 9.34. The highest BCUT2D eigenvalue weighted by atomic mass is 16.5. The molecular formula is C18H37N3O2. The quantitative estimate of drug-likeness (QED) is 0.478. The van der Waals surface area contributed by atoms with Gasteiger partial charge < -0.3 is 20.1 Å². The van der Waals surface area contributed by atoms with Crippen LogP contribution in [0.15, 0.2) is 4.99 Å². The van der Waals surface area contributed by atoms with Gasteiger partial charge in [-0.05, 0) is 19.3 Å². The van der Waals surface area contributed by atoms with E-state index in [4.69, 9.17) is 14.5 Å². The SMILES string of the molecule is CCCCC(CC)CNC(=NCC1(OC)CCOCC1)NCC. The number of rotatable bonds is 10. The second kappa shape index (κ2) is 11.7. The van der Waals surface area contributed by atoms with Crippen molar-refractivity contribution in [3.05, 3.63) is 0 Å². The van der Waals surface area contributed by atoms with Gasteiger partial charge in [-0.1, -0.05) is 33.1 Å². The molecule has 1 rings (SSSR count). The van der Waals surface area contributed by atoms with E-state index in [0.717, 1.165) is 51.0 Å². The highest BCUT2D eigenvalue weighted by molar-refractivity contribution is 5.79. The van der Waals surface area contributed by atoms with Crippen molar-refractivity contribution in [2.75, 3.05) is 40.0 Å². The van der Waals surface area contributed by atoms with Crippen LogP contribution in [0.3, 0.4) is 0 Å². The maximum Gasteiger partial charge on any atom is 0.191 e. The maximum atomic E-state index is 5.76. The van der Waals surface area contributed by atoms with Crippen LogP contribution in [0, 0.1) is 5.92 Å². The zero-order chi connectivity index (χ0) is 17.0. The van der Waals surface area contributed by atoms with Gasteiger partial charge >= 0.3 is 0 Å². The monoisotopic (exact) mass is 327 g/mol. The van der Waals surface area contributed by atoms with Crippen LogP contribution in [-0.4, -0.2) is 51.5 Å². The van der Waals surface area contributed by atoms with Gasteiger partial charge in [0.05, 0.1) is 12.1 Å². The van der Waals surface area contributed by atoms with E-state index >= 15 is 0 Å². The van der Waals surface area contributed by atoms with E-state index in [-0.39, 0.29) is 5.60 Å². The molecule has 0 radical (unpaired) electrons. The molecule has 0 saturated carbocycles. The molecule has 0 bridgehead atoms. The van der Waals surface area contributed by atoms with Crippen molar-refractivity contribution >= 4 is 5.96 Å². The van der Waals surface area contributed by atoms with Crippen LogP contribution < -0.4 is 10.6 Å². The minimum atomic E-state index is -0.160. The van der Waals surface area contributed by atoms with Crippen molar-refractivity contribution in [2.45, 2.75) is 64.9 Å². The Morgan fingerprint density at radius 2 is 1.96 bits per heavy atom. The van der Waals surface area contributed by atoms with E-state index < -0.39 is 0 Å². The number of hydrogen-bond donors (Lipinski definition) is 2. The number of unbranched alkanes of at least 4 members (excludes halogenated alkanes) is 1. The fraction of sp³-hybridized carbons (Fsp3) is 0.944. The fourth-order valence-electron chi connectivity index (χ4n) is 2.92. The summed E-state index contributed by atoms with van der Waals surface area (Å²) in [6, 6.07) is 0. The van der Waals surface area contributed by atoms with Crippen molar-refractivity contribution in [1.29, 1.82) is 0 Å². The zero-order valence-electron chi connectivity index (χ0n) is 15.6. The Bertz CT molecular complexity index is 328. The predicted octanol–water partition coefficient (Wildman–Crippen LogP) is 2.95. The molecule has 0 aromatic heterocycles. The lowest BCUT2D eigenvalue weighted by molar-refractivity contribution is -0.0828. The van der Waals surface area contributed by atoms with Crippen LogP contribution >= 0.6 is 0 Å². The zero-order valence-corrected chi connectivity index (χ0v) is 15.6. The first-order valence-electron chi connectivity index (χ1n) is 9.34. The van der Waals surface area contributed by atoms with Gasteiger partial charge in [0.15, 0.2) is 5.96 Å². The van der Waals surface area contributed by atoms with E-state index in [1.165, 1.54) is 25.7 Å². The molecule has 1 aliphatic heterocycles. The molecule has 0 spiro atoms. The molecule has 5 heteroatoms. The average Bonchev–Trinajstić information content (AvgIpc) is 2.60. The summed E-state index contributed by atoms with van der Waals surface area (Å²) < 4.78 is 11.2. The lowest BCUT2D eigenvalue weighted by atomic mass is 9.94. The summed E-state index contributed by atoms with van der Waals surface area (Å²) in [6.07, 6.45) is 6.91.